The lowest BCUT2D eigenvalue weighted by atomic mass is 9.74. The predicted molar refractivity (Wildman–Crippen MR) is 67.8 cm³/mol. The number of ether oxygens (including phenoxy) is 2. The molecular weight excluding hydrogens is 214 g/mol. The van der Waals surface area contributed by atoms with Gasteiger partial charge in [-0.2, -0.15) is 0 Å². The first-order chi connectivity index (χ1) is 8.25. The highest BCUT2D eigenvalue weighted by molar-refractivity contribution is 5.68. The maximum atomic E-state index is 5.68. The third-order valence-electron chi connectivity index (χ3n) is 4.08. The van der Waals surface area contributed by atoms with Gasteiger partial charge < -0.3 is 14.8 Å². The Balaban J connectivity index is 2.03. The highest BCUT2D eigenvalue weighted by Gasteiger charge is 2.43. The minimum Gasteiger partial charge on any atom is -0.495 e. The maximum absolute atomic E-state index is 5.68. The average Bonchev–Trinajstić information content (AvgIpc) is 2.68. The van der Waals surface area contributed by atoms with Crippen LogP contribution in [0, 0.1) is 0 Å². The third kappa shape index (κ3) is 1.61. The smallest absolute Gasteiger partial charge is 0.142 e. The van der Waals surface area contributed by atoms with E-state index in [0.717, 1.165) is 31.7 Å². The summed E-state index contributed by atoms with van der Waals surface area (Å²) >= 11 is 0. The van der Waals surface area contributed by atoms with Gasteiger partial charge in [-0.1, -0.05) is 12.1 Å². The van der Waals surface area contributed by atoms with Crippen molar-refractivity contribution >= 4 is 5.69 Å². The van der Waals surface area contributed by atoms with Crippen LogP contribution in [0.2, 0.25) is 0 Å². The molecule has 17 heavy (non-hydrogen) atoms. The monoisotopic (exact) mass is 233 g/mol. The molecule has 0 amide bonds. The molecule has 0 aromatic heterocycles. The highest BCUT2D eigenvalue weighted by atomic mass is 16.5. The summed E-state index contributed by atoms with van der Waals surface area (Å²) in [6.45, 7) is 4.04. The van der Waals surface area contributed by atoms with Crippen LogP contribution in [-0.2, 0) is 10.2 Å². The molecule has 0 aliphatic carbocycles. The molecule has 0 bridgehead atoms. The summed E-state index contributed by atoms with van der Waals surface area (Å²) in [5, 5.41) is 3.52. The molecule has 2 atom stereocenters. The van der Waals surface area contributed by atoms with E-state index in [2.05, 4.69) is 24.4 Å². The molecule has 1 aromatic rings. The number of methoxy groups -OCH3 is 1. The Morgan fingerprint density at radius 1 is 1.47 bits per heavy atom. The lowest BCUT2D eigenvalue weighted by molar-refractivity contribution is -0.00528. The van der Waals surface area contributed by atoms with Gasteiger partial charge in [0.05, 0.1) is 18.9 Å². The Hall–Kier alpha value is -1.22. The van der Waals surface area contributed by atoms with Crippen molar-refractivity contribution in [1.82, 2.24) is 0 Å². The standard InChI is InChI=1S/C14H19NO2/c1-10-8-14(6-7-17-10)9-15-13-11(14)4-3-5-12(13)16-2/h3-5,10,15H,6-9H2,1-2H3. The van der Waals surface area contributed by atoms with Crippen molar-refractivity contribution in [1.29, 1.82) is 0 Å². The van der Waals surface area contributed by atoms with Crippen LogP contribution in [0.1, 0.15) is 25.3 Å². The van der Waals surface area contributed by atoms with Crippen molar-refractivity contribution in [3.05, 3.63) is 23.8 Å². The summed E-state index contributed by atoms with van der Waals surface area (Å²) in [6, 6.07) is 6.34. The van der Waals surface area contributed by atoms with Crippen LogP contribution in [0.15, 0.2) is 18.2 Å². The molecule has 1 spiro atoms. The quantitative estimate of drug-likeness (QED) is 0.808. The lowest BCUT2D eigenvalue weighted by Gasteiger charge is -2.36. The van der Waals surface area contributed by atoms with Gasteiger partial charge in [0, 0.05) is 18.6 Å². The van der Waals surface area contributed by atoms with Crippen molar-refractivity contribution in [2.45, 2.75) is 31.3 Å². The second-order valence-electron chi connectivity index (χ2n) is 5.15. The van der Waals surface area contributed by atoms with Crippen molar-refractivity contribution in [3.63, 3.8) is 0 Å². The van der Waals surface area contributed by atoms with Crippen LogP contribution >= 0.6 is 0 Å². The molecule has 3 heteroatoms. The highest BCUT2D eigenvalue weighted by Crippen LogP contribution is 2.48. The predicted octanol–water partition coefficient (Wildman–Crippen LogP) is 2.56. The Morgan fingerprint density at radius 2 is 2.35 bits per heavy atom. The van der Waals surface area contributed by atoms with Gasteiger partial charge in [0.15, 0.2) is 0 Å². The summed E-state index contributed by atoms with van der Waals surface area (Å²) < 4.78 is 11.1. The number of rotatable bonds is 1. The van der Waals surface area contributed by atoms with Crippen LogP contribution in [0.5, 0.6) is 5.75 Å². The van der Waals surface area contributed by atoms with Gasteiger partial charge in [-0.15, -0.1) is 0 Å². The summed E-state index contributed by atoms with van der Waals surface area (Å²) in [4.78, 5) is 0. The number of fused-ring (bicyclic) bond motifs is 2. The van der Waals surface area contributed by atoms with Crippen LogP contribution < -0.4 is 10.1 Å². The minimum absolute atomic E-state index is 0.252. The first kappa shape index (κ1) is 10.9. The van der Waals surface area contributed by atoms with Gasteiger partial charge >= 0.3 is 0 Å². The van der Waals surface area contributed by atoms with E-state index in [0.29, 0.717) is 6.10 Å². The molecule has 1 aromatic carbocycles. The van der Waals surface area contributed by atoms with Crippen molar-refractivity contribution < 1.29 is 9.47 Å². The second kappa shape index (κ2) is 3.91. The maximum Gasteiger partial charge on any atom is 0.142 e. The molecule has 3 nitrogen and oxygen atoms in total. The van der Waals surface area contributed by atoms with E-state index in [1.807, 2.05) is 6.07 Å². The minimum atomic E-state index is 0.252. The number of nitrogens with one attached hydrogen (secondary N) is 1. The molecule has 1 fully saturated rings. The molecule has 2 heterocycles. The Labute approximate surface area is 102 Å². The average molecular weight is 233 g/mol. The molecule has 3 rings (SSSR count). The fourth-order valence-electron chi connectivity index (χ4n) is 3.25. The molecule has 92 valence electrons. The Bertz CT molecular complexity index is 432. The number of hydrogen-bond donors (Lipinski definition) is 1. The van der Waals surface area contributed by atoms with Crippen LogP contribution in [0.3, 0.4) is 0 Å². The topological polar surface area (TPSA) is 30.5 Å². The van der Waals surface area contributed by atoms with Gasteiger partial charge in [0.1, 0.15) is 5.75 Å². The SMILES string of the molecule is COc1cccc2c1NCC21CCOC(C)C1. The number of anilines is 1. The zero-order valence-corrected chi connectivity index (χ0v) is 10.5. The van der Waals surface area contributed by atoms with E-state index in [1.54, 1.807) is 7.11 Å². The van der Waals surface area contributed by atoms with E-state index in [-0.39, 0.29) is 5.41 Å². The van der Waals surface area contributed by atoms with Crippen LogP contribution in [0.4, 0.5) is 5.69 Å². The van der Waals surface area contributed by atoms with Crippen molar-refractivity contribution in [3.8, 4) is 5.75 Å². The third-order valence-corrected chi connectivity index (χ3v) is 4.08. The molecule has 0 saturated carbocycles. The molecule has 2 aliphatic rings. The molecule has 2 unspecified atom stereocenters. The Kier molecular flexibility index (Phi) is 2.51. The van der Waals surface area contributed by atoms with Crippen LogP contribution in [-0.4, -0.2) is 26.4 Å². The van der Waals surface area contributed by atoms with Crippen LogP contribution in [0.25, 0.3) is 0 Å². The zero-order chi connectivity index (χ0) is 11.9. The first-order valence-electron chi connectivity index (χ1n) is 6.28. The molecular formula is C14H19NO2. The molecule has 1 saturated heterocycles. The molecule has 2 aliphatic heterocycles. The van der Waals surface area contributed by atoms with Crippen molar-refractivity contribution in [2.75, 3.05) is 25.6 Å². The zero-order valence-electron chi connectivity index (χ0n) is 10.5. The number of hydrogen-bond acceptors (Lipinski definition) is 3. The van der Waals surface area contributed by atoms with Gasteiger partial charge in [0.2, 0.25) is 0 Å². The fraction of sp³-hybridized carbons (Fsp3) is 0.571. The van der Waals surface area contributed by atoms with Gasteiger partial charge in [0.25, 0.3) is 0 Å². The van der Waals surface area contributed by atoms with Gasteiger partial charge in [-0.25, -0.2) is 0 Å². The van der Waals surface area contributed by atoms with E-state index in [1.165, 1.54) is 11.3 Å². The largest absolute Gasteiger partial charge is 0.495 e. The van der Waals surface area contributed by atoms with E-state index in [9.17, 15) is 0 Å². The van der Waals surface area contributed by atoms with Gasteiger partial charge in [-0.3, -0.25) is 0 Å². The van der Waals surface area contributed by atoms with E-state index >= 15 is 0 Å². The van der Waals surface area contributed by atoms with E-state index < -0.39 is 0 Å². The normalized spacial score (nSPS) is 31.1. The lowest BCUT2D eigenvalue weighted by Crippen LogP contribution is -2.39. The fourth-order valence-corrected chi connectivity index (χ4v) is 3.25. The van der Waals surface area contributed by atoms with E-state index in [4.69, 9.17) is 9.47 Å². The van der Waals surface area contributed by atoms with Crippen molar-refractivity contribution in [2.24, 2.45) is 0 Å². The number of benzene rings is 1. The molecule has 0 radical (unpaired) electrons. The summed E-state index contributed by atoms with van der Waals surface area (Å²) in [5.41, 5.74) is 2.85. The number of para-hydroxylation sites is 1. The molecule has 1 N–H and O–H groups in total. The summed E-state index contributed by atoms with van der Waals surface area (Å²) in [5.74, 6) is 0.957. The first-order valence-corrected chi connectivity index (χ1v) is 6.28. The summed E-state index contributed by atoms with van der Waals surface area (Å²) in [7, 11) is 1.73. The second-order valence-corrected chi connectivity index (χ2v) is 5.15. The summed E-state index contributed by atoms with van der Waals surface area (Å²) in [6.07, 6.45) is 2.55. The Morgan fingerprint density at radius 3 is 3.12 bits per heavy atom. The van der Waals surface area contributed by atoms with Gasteiger partial charge in [-0.05, 0) is 31.4 Å².